The van der Waals surface area contributed by atoms with Gasteiger partial charge in [-0.05, 0) is 30.7 Å². The molecule has 0 radical (unpaired) electrons. The van der Waals surface area contributed by atoms with Crippen LogP contribution in [0.15, 0.2) is 41.7 Å². The molecule has 28 heavy (non-hydrogen) atoms. The number of amidine groups is 1. The third-order valence-corrected chi connectivity index (χ3v) is 5.93. The van der Waals surface area contributed by atoms with Gasteiger partial charge in [0.05, 0.1) is 24.5 Å². The molecule has 0 unspecified atom stereocenters. The van der Waals surface area contributed by atoms with Gasteiger partial charge in [-0.25, -0.2) is 9.97 Å². The quantitative estimate of drug-likeness (QED) is 0.521. The summed E-state index contributed by atoms with van der Waals surface area (Å²) in [5.41, 5.74) is 7.92. The maximum atomic E-state index is 12.6. The van der Waals surface area contributed by atoms with E-state index in [4.69, 9.17) is 10.5 Å². The van der Waals surface area contributed by atoms with E-state index in [-0.39, 0.29) is 17.7 Å². The maximum absolute atomic E-state index is 12.6. The molecule has 8 heteroatoms. The highest BCUT2D eigenvalue weighted by atomic mass is 32.2. The predicted molar refractivity (Wildman–Crippen MR) is 116 cm³/mol. The fourth-order valence-corrected chi connectivity index (χ4v) is 4.18. The molecule has 1 aromatic heterocycles. The Morgan fingerprint density at radius 3 is 2.93 bits per heavy atom. The van der Waals surface area contributed by atoms with E-state index >= 15 is 0 Å². The first kappa shape index (κ1) is 20.7. The zero-order valence-electron chi connectivity index (χ0n) is 16.1. The van der Waals surface area contributed by atoms with E-state index < -0.39 is 0 Å². The Labute approximate surface area is 173 Å². The summed E-state index contributed by atoms with van der Waals surface area (Å²) in [5.74, 6) is 2.18. The second-order valence-corrected chi connectivity index (χ2v) is 8.80. The number of ether oxygens (including phenoxy) is 1. The lowest BCUT2D eigenvalue weighted by molar-refractivity contribution is 0.0987. The molecule has 0 bridgehead atoms. The van der Waals surface area contributed by atoms with Gasteiger partial charge in [0, 0.05) is 17.9 Å². The van der Waals surface area contributed by atoms with Crippen LogP contribution in [0.25, 0.3) is 0 Å². The normalized spacial score (nSPS) is 19.1. The van der Waals surface area contributed by atoms with Gasteiger partial charge >= 0.3 is 0 Å². The van der Waals surface area contributed by atoms with Crippen molar-refractivity contribution in [1.82, 2.24) is 9.97 Å². The molecular weight excluding hydrogens is 392 g/mol. The summed E-state index contributed by atoms with van der Waals surface area (Å²) < 4.78 is 5.47. The number of benzene rings is 1. The van der Waals surface area contributed by atoms with E-state index in [1.165, 1.54) is 12.4 Å². The van der Waals surface area contributed by atoms with Crippen LogP contribution in [0.5, 0.6) is 5.88 Å². The average Bonchev–Trinajstić information content (AvgIpc) is 2.69. The summed E-state index contributed by atoms with van der Waals surface area (Å²) in [7, 11) is 0. The number of nitrogens with zero attached hydrogens (tertiary/aromatic N) is 3. The van der Waals surface area contributed by atoms with Gasteiger partial charge < -0.3 is 10.5 Å². The molecule has 6 nitrogen and oxygen atoms in total. The topological polar surface area (TPSA) is 90.5 Å². The van der Waals surface area contributed by atoms with E-state index in [2.05, 4.69) is 21.9 Å². The van der Waals surface area contributed by atoms with Gasteiger partial charge in [0.15, 0.2) is 11.0 Å². The Bertz CT molecular complexity index is 858. The number of ketones is 1. The van der Waals surface area contributed by atoms with E-state index in [1.807, 2.05) is 30.5 Å². The Morgan fingerprint density at radius 2 is 2.21 bits per heavy atom. The SMILES string of the molecule is CSCCOc1cnc(C(=O)Cc2cccc([C@]3(C)CCSC(N)=N3)c2)cn1. The highest BCUT2D eigenvalue weighted by Crippen LogP contribution is 2.35. The predicted octanol–water partition coefficient (Wildman–Crippen LogP) is 3.31. The molecule has 0 saturated heterocycles. The summed E-state index contributed by atoms with van der Waals surface area (Å²) in [6.07, 6.45) is 6.17. The smallest absolute Gasteiger partial charge is 0.232 e. The van der Waals surface area contributed by atoms with Crippen LogP contribution in [-0.2, 0) is 12.0 Å². The van der Waals surface area contributed by atoms with Gasteiger partial charge in [0.2, 0.25) is 5.88 Å². The molecular formula is C20H24N4O2S2. The molecule has 1 aliphatic heterocycles. The average molecular weight is 417 g/mol. The lowest BCUT2D eigenvalue weighted by atomic mass is 9.88. The zero-order valence-corrected chi connectivity index (χ0v) is 17.7. The van der Waals surface area contributed by atoms with Crippen molar-refractivity contribution in [1.29, 1.82) is 0 Å². The number of aliphatic imine (C=N–C) groups is 1. The molecule has 0 aliphatic carbocycles. The number of nitrogens with two attached hydrogens (primary N) is 1. The summed E-state index contributed by atoms with van der Waals surface area (Å²) in [6.45, 7) is 2.65. The molecule has 0 amide bonds. The monoisotopic (exact) mass is 416 g/mol. The Hall–Kier alpha value is -2.06. The number of rotatable bonds is 8. The van der Waals surface area contributed by atoms with E-state index in [9.17, 15) is 4.79 Å². The largest absolute Gasteiger partial charge is 0.476 e. The summed E-state index contributed by atoms with van der Waals surface area (Å²) in [5, 5.41) is 0.616. The van der Waals surface area contributed by atoms with Gasteiger partial charge in [-0.2, -0.15) is 11.8 Å². The Morgan fingerprint density at radius 1 is 1.36 bits per heavy atom. The number of hydrogen-bond donors (Lipinski definition) is 1. The summed E-state index contributed by atoms with van der Waals surface area (Å²) in [6, 6.07) is 7.99. The molecule has 1 aliphatic rings. The van der Waals surface area contributed by atoms with E-state index in [0.717, 1.165) is 29.1 Å². The van der Waals surface area contributed by atoms with Gasteiger partial charge in [-0.1, -0.05) is 36.0 Å². The van der Waals surface area contributed by atoms with Gasteiger partial charge in [0.1, 0.15) is 5.69 Å². The number of carbonyl (C=O) groups is 1. The second kappa shape index (κ2) is 9.43. The summed E-state index contributed by atoms with van der Waals surface area (Å²) in [4.78, 5) is 25.6. The van der Waals surface area contributed by atoms with Crippen molar-refractivity contribution in [2.75, 3.05) is 24.4 Å². The number of carbonyl (C=O) groups excluding carboxylic acids is 1. The number of hydrogen-bond acceptors (Lipinski definition) is 8. The molecule has 2 heterocycles. The minimum absolute atomic E-state index is 0.0762. The molecule has 2 N–H and O–H groups in total. The maximum Gasteiger partial charge on any atom is 0.232 e. The highest BCUT2D eigenvalue weighted by molar-refractivity contribution is 8.13. The first-order valence-electron chi connectivity index (χ1n) is 9.05. The third kappa shape index (κ3) is 5.26. The lowest BCUT2D eigenvalue weighted by Gasteiger charge is -2.30. The van der Waals surface area contributed by atoms with Crippen LogP contribution >= 0.6 is 23.5 Å². The summed E-state index contributed by atoms with van der Waals surface area (Å²) >= 11 is 3.28. The highest BCUT2D eigenvalue weighted by Gasteiger charge is 2.29. The zero-order chi connectivity index (χ0) is 20.0. The van der Waals surface area contributed by atoms with Crippen LogP contribution in [0.3, 0.4) is 0 Å². The van der Waals surface area contributed by atoms with Crippen LogP contribution in [0.2, 0.25) is 0 Å². The molecule has 0 saturated carbocycles. The first-order valence-corrected chi connectivity index (χ1v) is 11.4. The fraction of sp³-hybridized carbons (Fsp3) is 0.400. The Balaban J connectivity index is 1.68. The lowest BCUT2D eigenvalue weighted by Crippen LogP contribution is -2.28. The van der Waals surface area contributed by atoms with E-state index in [1.54, 1.807) is 23.5 Å². The molecule has 0 fully saturated rings. The minimum atomic E-state index is -0.343. The van der Waals surface area contributed by atoms with Crippen LogP contribution < -0.4 is 10.5 Å². The molecule has 0 spiro atoms. The van der Waals surface area contributed by atoms with Gasteiger partial charge in [-0.3, -0.25) is 9.79 Å². The van der Waals surface area contributed by atoms with Crippen molar-refractivity contribution in [3.63, 3.8) is 0 Å². The van der Waals surface area contributed by atoms with Crippen molar-refractivity contribution in [3.05, 3.63) is 53.5 Å². The minimum Gasteiger partial charge on any atom is -0.476 e. The van der Waals surface area contributed by atoms with Crippen LogP contribution in [0.4, 0.5) is 0 Å². The molecule has 2 aromatic rings. The van der Waals surface area contributed by atoms with Crippen molar-refractivity contribution in [2.45, 2.75) is 25.3 Å². The number of thioether (sulfide) groups is 2. The first-order chi connectivity index (χ1) is 13.5. The molecule has 1 aromatic carbocycles. The van der Waals surface area contributed by atoms with Crippen molar-refractivity contribution < 1.29 is 9.53 Å². The van der Waals surface area contributed by atoms with Crippen molar-refractivity contribution >= 4 is 34.5 Å². The standard InChI is InChI=1S/C20H24N4O2S2/c1-20(6-8-28-19(21)24-20)15-5-3-4-14(10-15)11-17(25)16-12-23-18(13-22-16)26-7-9-27-2/h3-5,10,12-13H,6-9,11H2,1-2H3,(H2,21,24)/t20-/m0/s1. The molecule has 148 valence electrons. The van der Waals surface area contributed by atoms with Gasteiger partial charge in [0.25, 0.3) is 0 Å². The molecule has 3 rings (SSSR count). The molecule has 1 atom stereocenters. The number of aromatic nitrogens is 2. The Kier molecular flexibility index (Phi) is 6.96. The van der Waals surface area contributed by atoms with Crippen LogP contribution in [0.1, 0.15) is 35.0 Å². The number of Topliss-reactive ketones (excluding diaryl/α,β-unsaturated/α-hetero) is 1. The second-order valence-electron chi connectivity index (χ2n) is 6.70. The van der Waals surface area contributed by atoms with Crippen LogP contribution in [0, 0.1) is 0 Å². The van der Waals surface area contributed by atoms with Crippen molar-refractivity contribution in [3.8, 4) is 5.88 Å². The van der Waals surface area contributed by atoms with Crippen LogP contribution in [-0.4, -0.2) is 45.3 Å². The van der Waals surface area contributed by atoms with Crippen molar-refractivity contribution in [2.24, 2.45) is 10.7 Å². The fourth-order valence-electron chi connectivity index (χ4n) is 2.95. The van der Waals surface area contributed by atoms with Gasteiger partial charge in [-0.15, -0.1) is 0 Å². The van der Waals surface area contributed by atoms with E-state index in [0.29, 0.717) is 23.3 Å². The third-order valence-electron chi connectivity index (χ3n) is 4.56.